The average molecular weight is 182 g/mol. The van der Waals surface area contributed by atoms with Crippen LogP contribution in [0.3, 0.4) is 0 Å². The van der Waals surface area contributed by atoms with Gasteiger partial charge in [0.15, 0.2) is 0 Å². The number of anilines is 1. The Hall–Kier alpha value is -1.12. The summed E-state index contributed by atoms with van der Waals surface area (Å²) in [5.41, 5.74) is 0.918. The van der Waals surface area contributed by atoms with Crippen LogP contribution in [-0.4, -0.2) is 11.5 Å². The van der Waals surface area contributed by atoms with Crippen LogP contribution in [0, 0.1) is 11.2 Å². The van der Waals surface area contributed by atoms with E-state index in [0.29, 0.717) is 0 Å². The van der Waals surface area contributed by atoms with Gasteiger partial charge < -0.3 is 5.32 Å². The van der Waals surface area contributed by atoms with Crippen LogP contribution >= 0.6 is 0 Å². The first-order valence-electron chi connectivity index (χ1n) is 4.32. The number of pyridine rings is 1. The Morgan fingerprint density at radius 1 is 1.38 bits per heavy atom. The number of hydrogen-bond donors (Lipinski definition) is 1. The average Bonchev–Trinajstić information content (AvgIpc) is 2.00. The molecule has 1 aromatic rings. The van der Waals surface area contributed by atoms with Gasteiger partial charge in [-0.25, -0.2) is 4.39 Å². The highest BCUT2D eigenvalue weighted by Gasteiger charge is 2.09. The summed E-state index contributed by atoms with van der Waals surface area (Å²) in [5.74, 6) is -0.307. The van der Waals surface area contributed by atoms with E-state index in [-0.39, 0.29) is 11.2 Å². The molecule has 0 aromatic carbocycles. The Morgan fingerprint density at radius 2 is 2.08 bits per heavy atom. The molecule has 0 spiro atoms. The third-order valence-corrected chi connectivity index (χ3v) is 1.53. The fourth-order valence-electron chi connectivity index (χ4n) is 0.876. The smallest absolute Gasteiger partial charge is 0.143 e. The van der Waals surface area contributed by atoms with E-state index >= 15 is 0 Å². The van der Waals surface area contributed by atoms with E-state index in [1.54, 1.807) is 6.20 Å². The zero-order valence-corrected chi connectivity index (χ0v) is 8.26. The predicted molar refractivity (Wildman–Crippen MR) is 52.1 cm³/mol. The maximum absolute atomic E-state index is 12.7. The molecule has 0 radical (unpaired) electrons. The summed E-state index contributed by atoms with van der Waals surface area (Å²) < 4.78 is 12.7. The van der Waals surface area contributed by atoms with Crippen molar-refractivity contribution >= 4 is 5.69 Å². The number of halogens is 1. The second kappa shape index (κ2) is 3.73. The summed E-state index contributed by atoms with van der Waals surface area (Å²) in [6.07, 6.45) is 2.82. The van der Waals surface area contributed by atoms with Crippen molar-refractivity contribution in [1.29, 1.82) is 0 Å². The van der Waals surface area contributed by atoms with Crippen molar-refractivity contribution in [2.24, 2.45) is 5.41 Å². The van der Waals surface area contributed by atoms with Gasteiger partial charge in [-0.1, -0.05) is 20.8 Å². The largest absolute Gasteiger partial charge is 0.383 e. The van der Waals surface area contributed by atoms with Crippen LogP contribution in [0.1, 0.15) is 20.8 Å². The van der Waals surface area contributed by atoms with E-state index in [9.17, 15) is 4.39 Å². The van der Waals surface area contributed by atoms with Gasteiger partial charge in [-0.3, -0.25) is 4.98 Å². The van der Waals surface area contributed by atoms with Crippen LogP contribution in [0.5, 0.6) is 0 Å². The molecule has 0 aliphatic heterocycles. The Labute approximate surface area is 78.2 Å². The van der Waals surface area contributed by atoms with E-state index in [2.05, 4.69) is 31.1 Å². The molecule has 1 N–H and O–H groups in total. The van der Waals surface area contributed by atoms with Gasteiger partial charge >= 0.3 is 0 Å². The standard InChI is InChI=1S/C10H15FN2/c1-10(2,3)7-13-9-4-8(11)5-12-6-9/h4-6,13H,7H2,1-3H3. The zero-order chi connectivity index (χ0) is 9.90. The molecule has 3 heteroatoms. The van der Waals surface area contributed by atoms with Crippen LogP contribution in [-0.2, 0) is 0 Å². The van der Waals surface area contributed by atoms with Crippen molar-refractivity contribution in [1.82, 2.24) is 4.98 Å². The third kappa shape index (κ3) is 3.87. The normalized spacial score (nSPS) is 11.4. The summed E-state index contributed by atoms with van der Waals surface area (Å²) in [7, 11) is 0. The lowest BCUT2D eigenvalue weighted by molar-refractivity contribution is 0.443. The fourth-order valence-corrected chi connectivity index (χ4v) is 0.876. The molecule has 0 saturated carbocycles. The van der Waals surface area contributed by atoms with Crippen molar-refractivity contribution in [2.45, 2.75) is 20.8 Å². The van der Waals surface area contributed by atoms with Gasteiger partial charge in [0.1, 0.15) is 5.82 Å². The fraction of sp³-hybridized carbons (Fsp3) is 0.500. The molecule has 0 aliphatic carbocycles. The van der Waals surface area contributed by atoms with Crippen LogP contribution in [0.15, 0.2) is 18.5 Å². The Kier molecular flexibility index (Phi) is 2.86. The number of hydrogen-bond acceptors (Lipinski definition) is 2. The minimum absolute atomic E-state index is 0.187. The molecule has 0 unspecified atom stereocenters. The number of aromatic nitrogens is 1. The molecular weight excluding hydrogens is 167 g/mol. The lowest BCUT2D eigenvalue weighted by Gasteiger charge is -2.19. The predicted octanol–water partition coefficient (Wildman–Crippen LogP) is 2.68. The minimum Gasteiger partial charge on any atom is -0.383 e. The van der Waals surface area contributed by atoms with E-state index in [1.807, 2.05) is 0 Å². The molecule has 72 valence electrons. The SMILES string of the molecule is CC(C)(C)CNc1cncc(F)c1. The first-order valence-corrected chi connectivity index (χ1v) is 4.32. The number of rotatable bonds is 2. The molecule has 0 aliphatic rings. The van der Waals surface area contributed by atoms with Gasteiger partial charge in [-0.15, -0.1) is 0 Å². The number of nitrogens with one attached hydrogen (secondary N) is 1. The molecule has 0 saturated heterocycles. The van der Waals surface area contributed by atoms with Crippen molar-refractivity contribution in [3.05, 3.63) is 24.3 Å². The van der Waals surface area contributed by atoms with Crippen molar-refractivity contribution < 1.29 is 4.39 Å². The molecule has 0 amide bonds. The molecular formula is C10H15FN2. The van der Waals surface area contributed by atoms with Gasteiger partial charge in [-0.05, 0) is 5.41 Å². The first-order chi connectivity index (χ1) is 5.97. The monoisotopic (exact) mass is 182 g/mol. The van der Waals surface area contributed by atoms with Gasteiger partial charge in [0.05, 0.1) is 18.1 Å². The summed E-state index contributed by atoms with van der Waals surface area (Å²) in [5, 5.41) is 3.12. The van der Waals surface area contributed by atoms with Crippen LogP contribution in [0.25, 0.3) is 0 Å². The Balaban J connectivity index is 2.55. The van der Waals surface area contributed by atoms with Crippen LogP contribution < -0.4 is 5.32 Å². The van der Waals surface area contributed by atoms with Crippen LogP contribution in [0.4, 0.5) is 10.1 Å². The molecule has 1 rings (SSSR count). The summed E-state index contributed by atoms with van der Waals surface area (Å²) in [4.78, 5) is 3.75. The zero-order valence-electron chi connectivity index (χ0n) is 8.26. The summed E-state index contributed by atoms with van der Waals surface area (Å²) >= 11 is 0. The minimum atomic E-state index is -0.307. The third-order valence-electron chi connectivity index (χ3n) is 1.53. The van der Waals surface area contributed by atoms with E-state index in [4.69, 9.17) is 0 Å². The van der Waals surface area contributed by atoms with E-state index < -0.39 is 0 Å². The molecule has 0 atom stereocenters. The second-order valence-corrected chi connectivity index (χ2v) is 4.31. The van der Waals surface area contributed by atoms with Gasteiger partial charge in [0.2, 0.25) is 0 Å². The maximum Gasteiger partial charge on any atom is 0.143 e. The van der Waals surface area contributed by atoms with E-state index in [1.165, 1.54) is 12.3 Å². The summed E-state index contributed by atoms with van der Waals surface area (Å²) in [6.45, 7) is 7.16. The molecule has 2 nitrogen and oxygen atoms in total. The molecule has 1 heterocycles. The molecule has 0 bridgehead atoms. The van der Waals surface area contributed by atoms with Gasteiger partial charge in [0.25, 0.3) is 0 Å². The highest BCUT2D eigenvalue weighted by Crippen LogP contribution is 2.15. The molecule has 1 aromatic heterocycles. The molecule has 0 fully saturated rings. The van der Waals surface area contributed by atoms with Crippen LogP contribution in [0.2, 0.25) is 0 Å². The Bertz CT molecular complexity index is 278. The summed E-state index contributed by atoms with van der Waals surface area (Å²) in [6, 6.07) is 1.44. The number of nitrogens with zero attached hydrogens (tertiary/aromatic N) is 1. The van der Waals surface area contributed by atoms with Gasteiger partial charge in [0, 0.05) is 12.6 Å². The van der Waals surface area contributed by atoms with Crippen molar-refractivity contribution in [3.8, 4) is 0 Å². The van der Waals surface area contributed by atoms with E-state index in [0.717, 1.165) is 12.2 Å². The van der Waals surface area contributed by atoms with Crippen molar-refractivity contribution in [3.63, 3.8) is 0 Å². The second-order valence-electron chi connectivity index (χ2n) is 4.31. The van der Waals surface area contributed by atoms with Gasteiger partial charge in [-0.2, -0.15) is 0 Å². The first kappa shape index (κ1) is 9.96. The highest BCUT2D eigenvalue weighted by molar-refractivity contribution is 5.40. The highest BCUT2D eigenvalue weighted by atomic mass is 19.1. The maximum atomic E-state index is 12.7. The quantitative estimate of drug-likeness (QED) is 0.760. The lowest BCUT2D eigenvalue weighted by atomic mass is 9.97. The Morgan fingerprint density at radius 3 is 2.62 bits per heavy atom. The topological polar surface area (TPSA) is 24.9 Å². The lowest BCUT2D eigenvalue weighted by Crippen LogP contribution is -2.19. The molecule has 13 heavy (non-hydrogen) atoms. The van der Waals surface area contributed by atoms with Crippen molar-refractivity contribution in [2.75, 3.05) is 11.9 Å².